The first-order valence-corrected chi connectivity index (χ1v) is 10.3. The largest absolute Gasteiger partial charge is 0.346 e. The maximum Gasteiger partial charge on any atom is 0.263 e. The van der Waals surface area contributed by atoms with Crippen molar-refractivity contribution in [1.82, 2.24) is 10.2 Å². The smallest absolute Gasteiger partial charge is 0.263 e. The number of thiophene rings is 1. The number of piperidine rings is 1. The van der Waals surface area contributed by atoms with Crippen molar-refractivity contribution < 1.29 is 9.59 Å². The van der Waals surface area contributed by atoms with E-state index in [2.05, 4.69) is 17.4 Å². The van der Waals surface area contributed by atoms with Crippen molar-refractivity contribution in [3.8, 4) is 0 Å². The third kappa shape index (κ3) is 3.28. The average molecular weight is 369 g/mol. The van der Waals surface area contributed by atoms with Gasteiger partial charge >= 0.3 is 0 Å². The topological polar surface area (TPSA) is 49.4 Å². The van der Waals surface area contributed by atoms with Gasteiger partial charge in [-0.15, -0.1) is 11.3 Å². The van der Waals surface area contributed by atoms with Gasteiger partial charge in [0.05, 0.1) is 10.4 Å². The standard InChI is InChI=1S/C21H24N2O2S/c24-19(22-21(11-5-12-21)17-6-2-1-3-7-17)16-9-13-23(14-10-16)20(25)18-8-4-15-26-18/h1-4,6-8,15-16H,5,9-14H2,(H,22,24). The Balaban J connectivity index is 1.36. The molecule has 2 heterocycles. The first-order chi connectivity index (χ1) is 12.7. The first-order valence-electron chi connectivity index (χ1n) is 9.38. The minimum Gasteiger partial charge on any atom is -0.346 e. The molecule has 1 aliphatic heterocycles. The Morgan fingerprint density at radius 3 is 2.35 bits per heavy atom. The fourth-order valence-corrected chi connectivity index (χ4v) is 4.70. The fourth-order valence-electron chi connectivity index (χ4n) is 4.01. The van der Waals surface area contributed by atoms with Crippen LogP contribution in [-0.2, 0) is 10.3 Å². The van der Waals surface area contributed by atoms with E-state index in [1.807, 2.05) is 40.6 Å². The van der Waals surface area contributed by atoms with Gasteiger partial charge in [0.15, 0.2) is 0 Å². The molecule has 5 heteroatoms. The zero-order chi connectivity index (χ0) is 18.0. The highest BCUT2D eigenvalue weighted by atomic mass is 32.1. The Morgan fingerprint density at radius 1 is 1.04 bits per heavy atom. The molecule has 1 aromatic heterocycles. The molecule has 0 spiro atoms. The summed E-state index contributed by atoms with van der Waals surface area (Å²) in [6, 6.07) is 14.1. The molecule has 2 amide bonds. The number of amides is 2. The molecule has 0 atom stereocenters. The number of nitrogens with one attached hydrogen (secondary N) is 1. The van der Waals surface area contributed by atoms with Gasteiger partial charge < -0.3 is 10.2 Å². The minimum atomic E-state index is -0.178. The second kappa shape index (κ2) is 7.23. The van der Waals surface area contributed by atoms with Crippen molar-refractivity contribution in [2.24, 2.45) is 5.92 Å². The van der Waals surface area contributed by atoms with Crippen LogP contribution in [-0.4, -0.2) is 29.8 Å². The number of hydrogen-bond donors (Lipinski definition) is 1. The number of nitrogens with zero attached hydrogens (tertiary/aromatic N) is 1. The first kappa shape index (κ1) is 17.3. The molecule has 2 fully saturated rings. The molecule has 136 valence electrons. The summed E-state index contributed by atoms with van der Waals surface area (Å²) in [6.45, 7) is 1.32. The summed E-state index contributed by atoms with van der Waals surface area (Å²) in [5.74, 6) is 0.249. The predicted octanol–water partition coefficient (Wildman–Crippen LogP) is 3.80. The Bertz CT molecular complexity index is 761. The molecule has 1 N–H and O–H groups in total. The summed E-state index contributed by atoms with van der Waals surface area (Å²) in [6.07, 6.45) is 4.67. The number of carbonyl (C=O) groups is 2. The molecule has 2 aliphatic rings. The number of rotatable bonds is 4. The highest BCUT2D eigenvalue weighted by Crippen LogP contribution is 2.41. The van der Waals surface area contributed by atoms with Crippen LogP contribution in [0.4, 0.5) is 0 Å². The number of hydrogen-bond acceptors (Lipinski definition) is 3. The lowest BCUT2D eigenvalue weighted by atomic mass is 9.71. The van der Waals surface area contributed by atoms with Crippen molar-refractivity contribution in [3.63, 3.8) is 0 Å². The van der Waals surface area contributed by atoms with Crippen LogP contribution in [0.2, 0.25) is 0 Å². The zero-order valence-corrected chi connectivity index (χ0v) is 15.6. The molecular formula is C21H24N2O2S. The lowest BCUT2D eigenvalue weighted by Crippen LogP contribution is -2.53. The van der Waals surface area contributed by atoms with Crippen molar-refractivity contribution in [2.75, 3.05) is 13.1 Å². The van der Waals surface area contributed by atoms with Crippen LogP contribution < -0.4 is 5.32 Å². The summed E-state index contributed by atoms with van der Waals surface area (Å²) >= 11 is 1.48. The average Bonchev–Trinajstić information content (AvgIpc) is 3.19. The van der Waals surface area contributed by atoms with Crippen molar-refractivity contribution >= 4 is 23.2 Å². The van der Waals surface area contributed by atoms with E-state index in [1.54, 1.807) is 0 Å². The molecule has 1 saturated heterocycles. The van der Waals surface area contributed by atoms with Crippen LogP contribution in [0.5, 0.6) is 0 Å². The Hall–Kier alpha value is -2.14. The second-order valence-corrected chi connectivity index (χ2v) is 8.28. The van der Waals surface area contributed by atoms with Crippen LogP contribution in [0, 0.1) is 5.92 Å². The molecule has 2 aromatic rings. The van der Waals surface area contributed by atoms with Crippen LogP contribution in [0.3, 0.4) is 0 Å². The molecule has 0 radical (unpaired) electrons. The van der Waals surface area contributed by atoms with E-state index >= 15 is 0 Å². The maximum absolute atomic E-state index is 12.9. The lowest BCUT2D eigenvalue weighted by molar-refractivity contribution is -0.129. The van der Waals surface area contributed by atoms with Crippen LogP contribution in [0.15, 0.2) is 47.8 Å². The summed E-state index contributed by atoms with van der Waals surface area (Å²) in [5, 5.41) is 5.27. The molecular weight excluding hydrogens is 344 g/mol. The molecule has 1 aliphatic carbocycles. The quantitative estimate of drug-likeness (QED) is 0.892. The SMILES string of the molecule is O=C(NC1(c2ccccc2)CCC1)C1CCN(C(=O)c2cccs2)CC1. The predicted molar refractivity (Wildman–Crippen MR) is 103 cm³/mol. The van der Waals surface area contributed by atoms with E-state index in [0.717, 1.165) is 37.0 Å². The Morgan fingerprint density at radius 2 is 1.77 bits per heavy atom. The lowest BCUT2D eigenvalue weighted by Gasteiger charge is -2.44. The monoisotopic (exact) mass is 368 g/mol. The summed E-state index contributed by atoms with van der Waals surface area (Å²) in [4.78, 5) is 28.0. The Kier molecular flexibility index (Phi) is 4.81. The van der Waals surface area contributed by atoms with Gasteiger partial charge in [0, 0.05) is 19.0 Å². The van der Waals surface area contributed by atoms with E-state index in [9.17, 15) is 9.59 Å². The molecule has 1 saturated carbocycles. The molecule has 26 heavy (non-hydrogen) atoms. The number of benzene rings is 1. The van der Waals surface area contributed by atoms with E-state index in [-0.39, 0.29) is 23.3 Å². The summed E-state index contributed by atoms with van der Waals surface area (Å²) < 4.78 is 0. The second-order valence-electron chi connectivity index (χ2n) is 7.33. The third-order valence-corrected chi connectivity index (χ3v) is 6.64. The molecule has 4 nitrogen and oxygen atoms in total. The van der Waals surface area contributed by atoms with E-state index in [1.165, 1.54) is 16.9 Å². The normalized spacial score (nSPS) is 19.6. The van der Waals surface area contributed by atoms with Crippen LogP contribution in [0.1, 0.15) is 47.3 Å². The molecule has 0 unspecified atom stereocenters. The van der Waals surface area contributed by atoms with Crippen molar-refractivity contribution in [2.45, 2.75) is 37.6 Å². The highest BCUT2D eigenvalue weighted by Gasteiger charge is 2.41. The Labute approximate surface area is 158 Å². The van der Waals surface area contributed by atoms with Crippen molar-refractivity contribution in [3.05, 3.63) is 58.3 Å². The van der Waals surface area contributed by atoms with E-state index in [4.69, 9.17) is 0 Å². The van der Waals surface area contributed by atoms with Gasteiger partial charge in [-0.05, 0) is 49.1 Å². The van der Waals surface area contributed by atoms with Gasteiger partial charge in [-0.3, -0.25) is 9.59 Å². The van der Waals surface area contributed by atoms with Gasteiger partial charge in [0.2, 0.25) is 5.91 Å². The fraction of sp³-hybridized carbons (Fsp3) is 0.429. The molecule has 1 aromatic carbocycles. The van der Waals surface area contributed by atoms with E-state index < -0.39 is 0 Å². The third-order valence-electron chi connectivity index (χ3n) is 5.78. The van der Waals surface area contributed by atoms with Gasteiger partial charge in [-0.1, -0.05) is 36.4 Å². The minimum absolute atomic E-state index is 0.00331. The summed E-state index contributed by atoms with van der Waals surface area (Å²) in [7, 11) is 0. The van der Waals surface area contributed by atoms with Gasteiger partial charge in [-0.2, -0.15) is 0 Å². The maximum atomic E-state index is 12.9. The highest BCUT2D eigenvalue weighted by molar-refractivity contribution is 7.12. The molecule has 4 rings (SSSR count). The molecule has 0 bridgehead atoms. The summed E-state index contributed by atoms with van der Waals surface area (Å²) in [5.41, 5.74) is 1.03. The van der Waals surface area contributed by atoms with Gasteiger partial charge in [0.25, 0.3) is 5.91 Å². The zero-order valence-electron chi connectivity index (χ0n) is 14.8. The van der Waals surface area contributed by atoms with Crippen molar-refractivity contribution in [1.29, 1.82) is 0 Å². The number of carbonyl (C=O) groups excluding carboxylic acids is 2. The van der Waals surface area contributed by atoms with E-state index in [0.29, 0.717) is 13.1 Å². The van der Waals surface area contributed by atoms with Crippen LogP contribution in [0.25, 0.3) is 0 Å². The van der Waals surface area contributed by atoms with Gasteiger partial charge in [-0.25, -0.2) is 0 Å². The van der Waals surface area contributed by atoms with Crippen LogP contribution >= 0.6 is 11.3 Å². The number of likely N-dealkylation sites (tertiary alicyclic amines) is 1. The van der Waals surface area contributed by atoms with Gasteiger partial charge in [0.1, 0.15) is 0 Å².